The molecular weight excluding hydrogens is 214 g/mol. The molecule has 0 spiro atoms. The van der Waals surface area contributed by atoms with Gasteiger partial charge in [0.1, 0.15) is 6.54 Å². The van der Waals surface area contributed by atoms with Crippen LogP contribution in [0.25, 0.3) is 0 Å². The fourth-order valence-corrected chi connectivity index (χ4v) is 2.28. The first kappa shape index (κ1) is 12.1. The molecule has 1 aromatic heterocycles. The maximum absolute atomic E-state index is 8.74. The van der Waals surface area contributed by atoms with Crippen molar-refractivity contribution in [1.82, 2.24) is 20.0 Å². The molecule has 2 heterocycles. The van der Waals surface area contributed by atoms with Gasteiger partial charge in [-0.3, -0.25) is 9.58 Å². The third-order valence-electron chi connectivity index (χ3n) is 3.34. The van der Waals surface area contributed by atoms with Gasteiger partial charge < -0.3 is 5.32 Å². The van der Waals surface area contributed by atoms with Gasteiger partial charge in [0.25, 0.3) is 0 Å². The van der Waals surface area contributed by atoms with E-state index in [4.69, 9.17) is 5.26 Å². The van der Waals surface area contributed by atoms with Crippen LogP contribution in [0.15, 0.2) is 0 Å². The predicted octanol–water partition coefficient (Wildman–Crippen LogP) is 0.429. The average molecular weight is 233 g/mol. The summed E-state index contributed by atoms with van der Waals surface area (Å²) in [5.74, 6) is 0. The molecule has 17 heavy (non-hydrogen) atoms. The van der Waals surface area contributed by atoms with Gasteiger partial charge in [-0.15, -0.1) is 0 Å². The van der Waals surface area contributed by atoms with E-state index < -0.39 is 0 Å². The van der Waals surface area contributed by atoms with Gasteiger partial charge in [0.05, 0.1) is 11.8 Å². The van der Waals surface area contributed by atoms with E-state index >= 15 is 0 Å². The van der Waals surface area contributed by atoms with Crippen molar-refractivity contribution in [2.75, 3.05) is 26.2 Å². The highest BCUT2D eigenvalue weighted by molar-refractivity contribution is 5.24. The summed E-state index contributed by atoms with van der Waals surface area (Å²) in [5, 5.41) is 16.5. The standard InChI is InChI=1S/C12H19N5/c1-10-12(9-16-7-4-14-5-8-16)11(2)17(15-10)6-3-13/h14H,4-9H2,1-2H3. The molecule has 0 amide bonds. The first-order chi connectivity index (χ1) is 8.22. The maximum Gasteiger partial charge on any atom is 0.128 e. The summed E-state index contributed by atoms with van der Waals surface area (Å²) in [6, 6.07) is 2.15. The Morgan fingerprint density at radius 3 is 2.71 bits per heavy atom. The number of nitrogens with one attached hydrogen (secondary N) is 1. The third-order valence-corrected chi connectivity index (χ3v) is 3.34. The second kappa shape index (κ2) is 5.30. The average Bonchev–Trinajstić information content (AvgIpc) is 2.59. The molecule has 1 aromatic rings. The molecular formula is C12H19N5. The number of rotatable bonds is 3. The fourth-order valence-electron chi connectivity index (χ4n) is 2.28. The van der Waals surface area contributed by atoms with Gasteiger partial charge in [0.2, 0.25) is 0 Å². The van der Waals surface area contributed by atoms with Gasteiger partial charge in [-0.1, -0.05) is 0 Å². The van der Waals surface area contributed by atoms with Gasteiger partial charge in [0, 0.05) is 44.0 Å². The van der Waals surface area contributed by atoms with Crippen molar-refractivity contribution in [2.45, 2.75) is 26.9 Å². The second-order valence-corrected chi connectivity index (χ2v) is 4.49. The molecule has 1 aliphatic heterocycles. The van der Waals surface area contributed by atoms with Crippen LogP contribution in [0.5, 0.6) is 0 Å². The quantitative estimate of drug-likeness (QED) is 0.822. The monoisotopic (exact) mass is 233 g/mol. The number of hydrogen-bond donors (Lipinski definition) is 1. The molecule has 2 rings (SSSR count). The molecule has 1 fully saturated rings. The minimum atomic E-state index is 0.341. The lowest BCUT2D eigenvalue weighted by Gasteiger charge is -2.27. The summed E-state index contributed by atoms with van der Waals surface area (Å²) < 4.78 is 1.80. The summed E-state index contributed by atoms with van der Waals surface area (Å²) in [7, 11) is 0. The molecule has 1 saturated heterocycles. The van der Waals surface area contributed by atoms with E-state index in [-0.39, 0.29) is 0 Å². The minimum absolute atomic E-state index is 0.341. The zero-order valence-corrected chi connectivity index (χ0v) is 10.5. The Morgan fingerprint density at radius 2 is 2.06 bits per heavy atom. The van der Waals surface area contributed by atoms with E-state index in [9.17, 15) is 0 Å². The van der Waals surface area contributed by atoms with Gasteiger partial charge in [-0.05, 0) is 13.8 Å². The molecule has 5 nitrogen and oxygen atoms in total. The Labute approximate surface area is 102 Å². The molecule has 0 atom stereocenters. The zero-order chi connectivity index (χ0) is 12.3. The maximum atomic E-state index is 8.74. The Balaban J connectivity index is 2.12. The van der Waals surface area contributed by atoms with Crippen LogP contribution in [0.1, 0.15) is 17.0 Å². The molecule has 5 heteroatoms. The van der Waals surface area contributed by atoms with E-state index in [1.165, 1.54) is 5.56 Å². The van der Waals surface area contributed by atoms with Crippen molar-refractivity contribution in [1.29, 1.82) is 5.26 Å². The smallest absolute Gasteiger partial charge is 0.128 e. The van der Waals surface area contributed by atoms with Gasteiger partial charge in [-0.25, -0.2) is 0 Å². The highest BCUT2D eigenvalue weighted by Gasteiger charge is 2.16. The molecule has 1 N–H and O–H groups in total. The molecule has 92 valence electrons. The molecule has 0 radical (unpaired) electrons. The summed E-state index contributed by atoms with van der Waals surface area (Å²) in [4.78, 5) is 2.43. The Hall–Kier alpha value is -1.38. The van der Waals surface area contributed by atoms with E-state index in [0.29, 0.717) is 6.54 Å². The van der Waals surface area contributed by atoms with Gasteiger partial charge in [-0.2, -0.15) is 10.4 Å². The number of nitrogens with zero attached hydrogens (tertiary/aromatic N) is 4. The lowest BCUT2D eigenvalue weighted by atomic mass is 10.1. The molecule has 0 bridgehead atoms. The Bertz CT molecular complexity index is 423. The largest absolute Gasteiger partial charge is 0.314 e. The van der Waals surface area contributed by atoms with E-state index in [0.717, 1.165) is 44.1 Å². The second-order valence-electron chi connectivity index (χ2n) is 4.49. The van der Waals surface area contributed by atoms with E-state index in [1.54, 1.807) is 4.68 Å². The van der Waals surface area contributed by atoms with Crippen LogP contribution in [-0.4, -0.2) is 40.9 Å². The number of nitriles is 1. The van der Waals surface area contributed by atoms with Gasteiger partial charge >= 0.3 is 0 Å². The van der Waals surface area contributed by atoms with Crippen molar-refractivity contribution in [3.8, 4) is 6.07 Å². The number of hydrogen-bond acceptors (Lipinski definition) is 4. The van der Waals surface area contributed by atoms with Crippen molar-refractivity contribution in [3.63, 3.8) is 0 Å². The first-order valence-electron chi connectivity index (χ1n) is 6.05. The van der Waals surface area contributed by atoms with Crippen LogP contribution < -0.4 is 5.32 Å². The summed E-state index contributed by atoms with van der Waals surface area (Å²) in [6.07, 6.45) is 0. The van der Waals surface area contributed by atoms with Crippen molar-refractivity contribution in [2.24, 2.45) is 0 Å². The molecule has 1 aliphatic rings. The van der Waals surface area contributed by atoms with Gasteiger partial charge in [0.15, 0.2) is 0 Å². The first-order valence-corrected chi connectivity index (χ1v) is 6.05. The highest BCUT2D eigenvalue weighted by atomic mass is 15.3. The molecule has 0 aliphatic carbocycles. The van der Waals surface area contributed by atoms with Crippen LogP contribution in [0, 0.1) is 25.2 Å². The van der Waals surface area contributed by atoms with Crippen molar-refractivity contribution < 1.29 is 0 Å². The summed E-state index contributed by atoms with van der Waals surface area (Å²) in [6.45, 7) is 9.66. The van der Waals surface area contributed by atoms with Crippen molar-refractivity contribution in [3.05, 3.63) is 17.0 Å². The molecule has 0 unspecified atom stereocenters. The lowest BCUT2D eigenvalue weighted by molar-refractivity contribution is 0.232. The summed E-state index contributed by atoms with van der Waals surface area (Å²) in [5.41, 5.74) is 3.46. The van der Waals surface area contributed by atoms with Crippen LogP contribution in [0.2, 0.25) is 0 Å². The van der Waals surface area contributed by atoms with E-state index in [2.05, 4.69) is 28.3 Å². The normalized spacial score (nSPS) is 17.0. The van der Waals surface area contributed by atoms with Crippen LogP contribution in [0.3, 0.4) is 0 Å². The van der Waals surface area contributed by atoms with Crippen LogP contribution in [0.4, 0.5) is 0 Å². The summed E-state index contributed by atoms with van der Waals surface area (Å²) >= 11 is 0. The molecule has 0 aromatic carbocycles. The number of aromatic nitrogens is 2. The topological polar surface area (TPSA) is 56.9 Å². The minimum Gasteiger partial charge on any atom is -0.314 e. The fraction of sp³-hybridized carbons (Fsp3) is 0.667. The zero-order valence-electron chi connectivity index (χ0n) is 10.5. The van der Waals surface area contributed by atoms with Crippen LogP contribution in [-0.2, 0) is 13.1 Å². The third kappa shape index (κ3) is 2.65. The van der Waals surface area contributed by atoms with Crippen molar-refractivity contribution >= 4 is 0 Å². The highest BCUT2D eigenvalue weighted by Crippen LogP contribution is 2.15. The predicted molar refractivity (Wildman–Crippen MR) is 65.5 cm³/mol. The lowest BCUT2D eigenvalue weighted by Crippen LogP contribution is -2.43. The van der Waals surface area contributed by atoms with Crippen LogP contribution >= 0.6 is 0 Å². The Kier molecular flexibility index (Phi) is 3.77. The number of piperazine rings is 1. The Morgan fingerprint density at radius 1 is 1.35 bits per heavy atom. The van der Waals surface area contributed by atoms with E-state index in [1.807, 2.05) is 6.92 Å². The SMILES string of the molecule is Cc1nn(CC#N)c(C)c1CN1CCNCC1. The number of aryl methyl sites for hydroxylation is 1. The molecule has 0 saturated carbocycles.